The first kappa shape index (κ1) is 36.2. The standard InChI is InChI=1S/C15H19N3O4.C11H17N3O2.C4H4O3/c1-18(2)9-10-21-12-5-3-11(4-6-12)15-16-13(22-17-15)7-8-14(19)20;1-14(2)7-8-16-10-5-3-9(4-6-10)11(12)13-15;5-3-1-2-4(6)7-3/h3-6H,7-10H2,1-2H3,(H,19,20);3-6,15H,7-8H2,1-2H3,(H2,12,13);1-2H2. The SMILES string of the molecule is CN(C)CCOc1ccc(-c2noc(CCC(=O)O)n2)cc1.CN(C)CCOc1ccc(C(N)=NO)cc1.O=C1CCC(=O)O1. The summed E-state index contributed by atoms with van der Waals surface area (Å²) in [5.74, 6) is 0.731. The maximum Gasteiger partial charge on any atom is 0.314 e. The zero-order chi connectivity index (χ0) is 33.2. The summed E-state index contributed by atoms with van der Waals surface area (Å²) >= 11 is 0. The molecule has 0 radical (unpaired) electrons. The maximum atomic E-state index is 10.5. The number of carbonyl (C=O) groups is 3. The van der Waals surface area contributed by atoms with E-state index >= 15 is 0 Å². The Balaban J connectivity index is 0.000000266. The van der Waals surface area contributed by atoms with Gasteiger partial charge in [-0.15, -0.1) is 0 Å². The Kier molecular flexibility index (Phi) is 15.5. The van der Waals surface area contributed by atoms with Crippen LogP contribution in [-0.2, 0) is 25.5 Å². The number of oxime groups is 1. The van der Waals surface area contributed by atoms with Crippen molar-refractivity contribution in [2.45, 2.75) is 25.7 Å². The molecule has 1 aliphatic heterocycles. The van der Waals surface area contributed by atoms with E-state index in [-0.39, 0.29) is 31.5 Å². The van der Waals surface area contributed by atoms with E-state index in [1.807, 2.05) is 62.3 Å². The van der Waals surface area contributed by atoms with Crippen molar-refractivity contribution in [3.63, 3.8) is 0 Å². The number of esters is 2. The molecule has 45 heavy (non-hydrogen) atoms. The summed E-state index contributed by atoms with van der Waals surface area (Å²) in [5.41, 5.74) is 6.90. The van der Waals surface area contributed by atoms with Gasteiger partial charge in [0.05, 0.1) is 19.3 Å². The Bertz CT molecular complexity index is 1360. The summed E-state index contributed by atoms with van der Waals surface area (Å²) in [6.07, 6.45) is 0.728. The van der Waals surface area contributed by atoms with Gasteiger partial charge in [-0.1, -0.05) is 10.3 Å². The number of aromatic nitrogens is 2. The number of ether oxygens (including phenoxy) is 3. The molecule has 0 spiro atoms. The molecule has 0 amide bonds. The molecule has 4 rings (SSSR count). The lowest BCUT2D eigenvalue weighted by atomic mass is 10.2. The molecular formula is C30H40N6O9. The van der Waals surface area contributed by atoms with Crippen LogP contribution in [-0.4, -0.2) is 108 Å². The van der Waals surface area contributed by atoms with Crippen molar-refractivity contribution in [1.82, 2.24) is 19.9 Å². The maximum absolute atomic E-state index is 10.5. The molecule has 15 nitrogen and oxygen atoms in total. The van der Waals surface area contributed by atoms with Crippen LogP contribution in [0, 0.1) is 0 Å². The lowest BCUT2D eigenvalue weighted by Crippen LogP contribution is -2.19. The van der Waals surface area contributed by atoms with Crippen molar-refractivity contribution in [2.24, 2.45) is 10.9 Å². The van der Waals surface area contributed by atoms with Crippen LogP contribution in [0.3, 0.4) is 0 Å². The molecule has 1 saturated heterocycles. The van der Waals surface area contributed by atoms with Gasteiger partial charge < -0.3 is 44.6 Å². The van der Waals surface area contributed by atoms with E-state index in [0.717, 1.165) is 30.2 Å². The van der Waals surface area contributed by atoms with Gasteiger partial charge in [-0.05, 0) is 76.7 Å². The lowest BCUT2D eigenvalue weighted by molar-refractivity contribution is -0.152. The molecule has 244 valence electrons. The zero-order valence-corrected chi connectivity index (χ0v) is 25.8. The first-order valence-electron chi connectivity index (χ1n) is 14.0. The smallest absolute Gasteiger partial charge is 0.314 e. The second-order valence-corrected chi connectivity index (χ2v) is 10.1. The third kappa shape index (κ3) is 14.8. The second-order valence-electron chi connectivity index (χ2n) is 10.1. The Morgan fingerprint density at radius 2 is 1.42 bits per heavy atom. The summed E-state index contributed by atoms with van der Waals surface area (Å²) < 4.78 is 20.2. The highest BCUT2D eigenvalue weighted by Gasteiger charge is 2.19. The molecular weight excluding hydrogens is 588 g/mol. The van der Waals surface area contributed by atoms with Crippen LogP contribution >= 0.6 is 0 Å². The highest BCUT2D eigenvalue weighted by atomic mass is 16.6. The van der Waals surface area contributed by atoms with Gasteiger partial charge in [0.15, 0.2) is 5.84 Å². The first-order valence-corrected chi connectivity index (χ1v) is 14.0. The quantitative estimate of drug-likeness (QED) is 0.0621. The Morgan fingerprint density at radius 1 is 0.911 bits per heavy atom. The van der Waals surface area contributed by atoms with Crippen LogP contribution in [0.1, 0.15) is 30.7 Å². The van der Waals surface area contributed by atoms with Gasteiger partial charge in [0.25, 0.3) is 0 Å². The molecule has 4 N–H and O–H groups in total. The van der Waals surface area contributed by atoms with E-state index in [4.69, 9.17) is 30.0 Å². The molecule has 0 aliphatic carbocycles. The van der Waals surface area contributed by atoms with Gasteiger partial charge in [-0.3, -0.25) is 14.4 Å². The normalized spacial score (nSPS) is 12.6. The molecule has 1 fully saturated rings. The fourth-order valence-electron chi connectivity index (χ4n) is 3.29. The molecule has 2 aromatic carbocycles. The third-order valence-corrected chi connectivity index (χ3v) is 5.77. The Hall–Kier alpha value is -5.02. The number of nitrogens with zero attached hydrogens (tertiary/aromatic N) is 5. The fourth-order valence-corrected chi connectivity index (χ4v) is 3.29. The van der Waals surface area contributed by atoms with E-state index in [1.165, 1.54) is 0 Å². The number of aryl methyl sites for hydroxylation is 1. The average Bonchev–Trinajstić information content (AvgIpc) is 3.64. The number of hydrogen-bond donors (Lipinski definition) is 3. The molecule has 0 bridgehead atoms. The minimum absolute atomic E-state index is 0.0275. The predicted molar refractivity (Wildman–Crippen MR) is 163 cm³/mol. The van der Waals surface area contributed by atoms with Crippen molar-refractivity contribution < 1.29 is 43.4 Å². The minimum Gasteiger partial charge on any atom is -0.492 e. The zero-order valence-electron chi connectivity index (χ0n) is 25.8. The Labute approximate surface area is 261 Å². The highest BCUT2D eigenvalue weighted by molar-refractivity contribution is 5.97. The summed E-state index contributed by atoms with van der Waals surface area (Å²) in [6, 6.07) is 14.5. The average molecular weight is 629 g/mol. The van der Waals surface area contributed by atoms with Crippen molar-refractivity contribution in [2.75, 3.05) is 54.5 Å². The molecule has 15 heteroatoms. The largest absolute Gasteiger partial charge is 0.492 e. The topological polar surface area (TPSA) is 203 Å². The van der Waals surface area contributed by atoms with Gasteiger partial charge >= 0.3 is 17.9 Å². The van der Waals surface area contributed by atoms with Gasteiger partial charge in [0.2, 0.25) is 11.7 Å². The van der Waals surface area contributed by atoms with Gasteiger partial charge in [-0.25, -0.2) is 0 Å². The summed E-state index contributed by atoms with van der Waals surface area (Å²) in [6.45, 7) is 2.96. The van der Waals surface area contributed by atoms with E-state index < -0.39 is 17.9 Å². The van der Waals surface area contributed by atoms with Crippen molar-refractivity contribution >= 4 is 23.7 Å². The minimum atomic E-state index is -0.890. The van der Waals surface area contributed by atoms with E-state index in [1.54, 1.807) is 24.3 Å². The molecule has 3 aromatic rings. The first-order chi connectivity index (χ1) is 21.5. The molecule has 2 heterocycles. The van der Waals surface area contributed by atoms with Gasteiger partial charge in [-0.2, -0.15) is 4.98 Å². The van der Waals surface area contributed by atoms with Crippen LogP contribution in [0.15, 0.2) is 58.2 Å². The number of likely N-dealkylation sites (N-methyl/N-ethyl adjacent to an activating group) is 2. The summed E-state index contributed by atoms with van der Waals surface area (Å²) in [7, 11) is 7.96. The number of carboxylic acid groups (broad SMARTS) is 1. The third-order valence-electron chi connectivity index (χ3n) is 5.77. The van der Waals surface area contributed by atoms with Crippen LogP contribution in [0.5, 0.6) is 11.5 Å². The number of cyclic esters (lactones) is 2. The van der Waals surface area contributed by atoms with Crippen molar-refractivity contribution in [1.29, 1.82) is 0 Å². The Morgan fingerprint density at radius 3 is 1.84 bits per heavy atom. The number of benzene rings is 2. The van der Waals surface area contributed by atoms with E-state index in [2.05, 4.69) is 20.0 Å². The number of hydrogen-bond acceptors (Lipinski definition) is 13. The van der Waals surface area contributed by atoms with Crippen LogP contribution in [0.25, 0.3) is 11.4 Å². The lowest BCUT2D eigenvalue weighted by Gasteiger charge is -2.11. The number of amidine groups is 1. The molecule has 0 unspecified atom stereocenters. The van der Waals surface area contributed by atoms with Gasteiger partial charge in [0, 0.05) is 30.6 Å². The van der Waals surface area contributed by atoms with Crippen LogP contribution < -0.4 is 15.2 Å². The number of nitrogens with two attached hydrogens (primary N) is 1. The molecule has 0 saturated carbocycles. The number of aliphatic carboxylic acids is 1. The highest BCUT2D eigenvalue weighted by Crippen LogP contribution is 2.20. The van der Waals surface area contributed by atoms with Crippen LogP contribution in [0.4, 0.5) is 0 Å². The fraction of sp³-hybridized carbons (Fsp3) is 0.400. The number of carbonyl (C=O) groups excluding carboxylic acids is 2. The summed E-state index contributed by atoms with van der Waals surface area (Å²) in [4.78, 5) is 38.8. The number of rotatable bonds is 13. The predicted octanol–water partition coefficient (Wildman–Crippen LogP) is 2.27. The molecule has 0 atom stereocenters. The monoisotopic (exact) mass is 628 g/mol. The van der Waals surface area contributed by atoms with Gasteiger partial charge in [0.1, 0.15) is 24.7 Å². The number of carboxylic acids is 1. The van der Waals surface area contributed by atoms with Crippen LogP contribution in [0.2, 0.25) is 0 Å². The van der Waals surface area contributed by atoms with E-state index in [9.17, 15) is 14.4 Å². The molecule has 1 aliphatic rings. The second kappa shape index (κ2) is 19.3. The van der Waals surface area contributed by atoms with Crippen molar-refractivity contribution in [3.05, 3.63) is 60.0 Å². The van der Waals surface area contributed by atoms with Crippen molar-refractivity contribution in [3.8, 4) is 22.9 Å². The molecule has 1 aromatic heterocycles. The van der Waals surface area contributed by atoms with E-state index in [0.29, 0.717) is 30.5 Å². The summed E-state index contributed by atoms with van der Waals surface area (Å²) in [5, 5.41) is 23.9.